The second kappa shape index (κ2) is 8.32. The van der Waals surface area contributed by atoms with Crippen molar-refractivity contribution in [3.05, 3.63) is 59.8 Å². The van der Waals surface area contributed by atoms with E-state index in [1.807, 2.05) is 12.1 Å². The molecule has 9 heteroatoms. The van der Waals surface area contributed by atoms with Gasteiger partial charge in [0.05, 0.1) is 6.54 Å². The summed E-state index contributed by atoms with van der Waals surface area (Å²) in [4.78, 5) is 51.1. The van der Waals surface area contributed by atoms with Crippen LogP contribution in [0.25, 0.3) is 11.3 Å². The Morgan fingerprint density at radius 2 is 1.76 bits per heavy atom. The number of carbonyl (C=O) groups excluding carboxylic acids is 4. The molecule has 0 bridgehead atoms. The number of furan rings is 1. The summed E-state index contributed by atoms with van der Waals surface area (Å²) in [5.74, 6) is -1.36. The van der Waals surface area contributed by atoms with Gasteiger partial charge in [-0.05, 0) is 36.4 Å². The van der Waals surface area contributed by atoms with Crippen molar-refractivity contribution < 1.29 is 23.6 Å². The van der Waals surface area contributed by atoms with E-state index in [0.717, 1.165) is 10.5 Å². The molecule has 8 nitrogen and oxygen atoms in total. The number of likely N-dealkylation sites (N-methyl/N-ethyl adjacent to an activating group) is 1. The van der Waals surface area contributed by atoms with Crippen molar-refractivity contribution in [2.45, 2.75) is 6.54 Å². The maximum atomic E-state index is 12.5. The molecule has 1 saturated heterocycles. The molecule has 0 saturated carbocycles. The summed E-state index contributed by atoms with van der Waals surface area (Å²) in [6, 6.07) is 9.80. The lowest BCUT2D eigenvalue weighted by atomic mass is 10.2. The Kier molecular flexibility index (Phi) is 5.84. The topological polar surface area (TPSA) is 91.1 Å². The van der Waals surface area contributed by atoms with E-state index >= 15 is 0 Å². The summed E-state index contributed by atoms with van der Waals surface area (Å²) in [7, 11) is 1.52. The van der Waals surface area contributed by atoms with Crippen molar-refractivity contribution in [3.63, 3.8) is 0 Å². The highest BCUT2D eigenvalue weighted by molar-refractivity contribution is 6.45. The number of carbonyl (C=O) groups is 4. The van der Waals surface area contributed by atoms with Crippen molar-refractivity contribution in [3.8, 4) is 11.3 Å². The molecule has 0 unspecified atom stereocenters. The average Bonchev–Trinajstić information content (AvgIpc) is 3.23. The number of nitrogens with zero attached hydrogens (tertiary/aromatic N) is 3. The van der Waals surface area contributed by atoms with Gasteiger partial charge in [-0.15, -0.1) is 6.58 Å². The summed E-state index contributed by atoms with van der Waals surface area (Å²) in [5, 5.41) is 0.613. The highest BCUT2D eigenvalue weighted by Crippen LogP contribution is 2.24. The zero-order chi connectivity index (χ0) is 21.1. The van der Waals surface area contributed by atoms with Gasteiger partial charge in [0.25, 0.3) is 0 Å². The Morgan fingerprint density at radius 3 is 2.41 bits per heavy atom. The smallest absolute Gasteiger partial charge is 0.335 e. The van der Waals surface area contributed by atoms with Crippen LogP contribution in [-0.4, -0.2) is 58.6 Å². The minimum Gasteiger partial charge on any atom is -0.459 e. The van der Waals surface area contributed by atoms with E-state index in [1.165, 1.54) is 18.0 Å². The van der Waals surface area contributed by atoms with E-state index in [1.54, 1.807) is 24.3 Å². The fourth-order valence-corrected chi connectivity index (χ4v) is 2.92. The largest absolute Gasteiger partial charge is 0.459 e. The Morgan fingerprint density at radius 1 is 1.10 bits per heavy atom. The van der Waals surface area contributed by atoms with E-state index in [-0.39, 0.29) is 13.1 Å². The number of amides is 5. The predicted molar refractivity (Wildman–Crippen MR) is 105 cm³/mol. The number of imide groups is 2. The molecule has 2 heterocycles. The summed E-state index contributed by atoms with van der Waals surface area (Å²) < 4.78 is 5.75. The molecule has 5 amide bonds. The first-order chi connectivity index (χ1) is 13.8. The van der Waals surface area contributed by atoms with E-state index < -0.39 is 30.3 Å². The van der Waals surface area contributed by atoms with Gasteiger partial charge in [-0.2, -0.15) is 0 Å². The molecule has 1 aromatic heterocycles. The van der Waals surface area contributed by atoms with Crippen LogP contribution in [0.2, 0.25) is 5.02 Å². The highest BCUT2D eigenvalue weighted by Gasteiger charge is 2.44. The predicted octanol–water partition coefficient (Wildman–Crippen LogP) is 2.54. The third-order valence-corrected chi connectivity index (χ3v) is 4.60. The van der Waals surface area contributed by atoms with Crippen LogP contribution >= 0.6 is 11.6 Å². The van der Waals surface area contributed by atoms with Crippen LogP contribution < -0.4 is 0 Å². The highest BCUT2D eigenvalue weighted by atomic mass is 35.5. The summed E-state index contributed by atoms with van der Waals surface area (Å²) in [6.07, 6.45) is 1.33. The van der Waals surface area contributed by atoms with Crippen molar-refractivity contribution in [1.82, 2.24) is 14.7 Å². The summed E-state index contributed by atoms with van der Waals surface area (Å²) in [5.41, 5.74) is 0.837. The van der Waals surface area contributed by atoms with Crippen LogP contribution in [0.1, 0.15) is 5.76 Å². The zero-order valence-electron chi connectivity index (χ0n) is 15.6. The molecular weight excluding hydrogens is 398 g/mol. The minimum absolute atomic E-state index is 0.0934. The lowest BCUT2D eigenvalue weighted by Gasteiger charge is -2.19. The van der Waals surface area contributed by atoms with E-state index in [2.05, 4.69) is 6.58 Å². The Balaban J connectivity index is 1.63. The minimum atomic E-state index is -1.03. The molecule has 1 fully saturated rings. The molecular formula is C20H18ClN3O5. The monoisotopic (exact) mass is 415 g/mol. The lowest BCUT2D eigenvalue weighted by molar-refractivity contribution is -0.144. The number of rotatable bonds is 7. The van der Waals surface area contributed by atoms with Crippen molar-refractivity contribution in [2.24, 2.45) is 0 Å². The molecule has 3 rings (SSSR count). The molecule has 2 aromatic rings. The van der Waals surface area contributed by atoms with Gasteiger partial charge in [0.1, 0.15) is 18.1 Å². The second-order valence-electron chi connectivity index (χ2n) is 6.40. The first-order valence-electron chi connectivity index (χ1n) is 8.68. The maximum Gasteiger partial charge on any atom is 0.335 e. The first-order valence-corrected chi connectivity index (χ1v) is 9.06. The standard InChI is InChI=1S/C20H18ClN3O5/c1-3-10-23-18(26)19(27)24(20(23)28)12-17(25)22(2)11-15-8-9-16(29-15)13-4-6-14(21)7-5-13/h3-9H,1,10-12H2,2H3. The third kappa shape index (κ3) is 4.22. The molecule has 0 radical (unpaired) electrons. The Hall–Kier alpha value is -3.39. The fraction of sp³-hybridized carbons (Fsp3) is 0.200. The van der Waals surface area contributed by atoms with Gasteiger partial charge >= 0.3 is 17.8 Å². The van der Waals surface area contributed by atoms with Crippen molar-refractivity contribution in [2.75, 3.05) is 20.1 Å². The average molecular weight is 416 g/mol. The van der Waals surface area contributed by atoms with Gasteiger partial charge in [0.15, 0.2) is 0 Å². The number of urea groups is 1. The van der Waals surface area contributed by atoms with Crippen LogP contribution in [0.3, 0.4) is 0 Å². The van der Waals surface area contributed by atoms with Gasteiger partial charge in [-0.25, -0.2) is 9.69 Å². The SMILES string of the molecule is C=CCN1C(=O)C(=O)N(CC(=O)N(C)Cc2ccc(-c3ccc(Cl)cc3)o2)C1=O. The molecule has 1 aliphatic heterocycles. The van der Waals surface area contributed by atoms with Crippen molar-refractivity contribution in [1.29, 1.82) is 0 Å². The number of hydrogen-bond donors (Lipinski definition) is 0. The molecule has 0 N–H and O–H groups in total. The normalized spacial score (nSPS) is 13.9. The van der Waals surface area contributed by atoms with Gasteiger partial charge < -0.3 is 9.32 Å². The summed E-state index contributed by atoms with van der Waals surface area (Å²) in [6.45, 7) is 2.95. The third-order valence-electron chi connectivity index (χ3n) is 4.35. The lowest BCUT2D eigenvalue weighted by Crippen LogP contribution is -2.42. The van der Waals surface area contributed by atoms with Crippen LogP contribution in [0.15, 0.2) is 53.5 Å². The van der Waals surface area contributed by atoms with Crippen LogP contribution in [0, 0.1) is 0 Å². The van der Waals surface area contributed by atoms with Crippen molar-refractivity contribution >= 4 is 35.4 Å². The molecule has 150 valence electrons. The number of benzene rings is 1. The van der Waals surface area contributed by atoms with Crippen LogP contribution in [-0.2, 0) is 20.9 Å². The molecule has 1 aliphatic rings. The van der Waals surface area contributed by atoms with E-state index in [4.69, 9.17) is 16.0 Å². The fourth-order valence-electron chi connectivity index (χ4n) is 2.79. The molecule has 0 spiro atoms. The molecule has 0 atom stereocenters. The molecule has 29 heavy (non-hydrogen) atoms. The molecule has 1 aromatic carbocycles. The quantitative estimate of drug-likeness (QED) is 0.393. The zero-order valence-corrected chi connectivity index (χ0v) is 16.4. The molecule has 0 aliphatic carbocycles. The second-order valence-corrected chi connectivity index (χ2v) is 6.84. The van der Waals surface area contributed by atoms with Gasteiger partial charge in [0, 0.05) is 24.2 Å². The number of halogens is 1. The maximum absolute atomic E-state index is 12.5. The van der Waals surface area contributed by atoms with E-state index in [9.17, 15) is 19.2 Å². The van der Waals surface area contributed by atoms with Gasteiger partial charge in [-0.3, -0.25) is 19.3 Å². The first kappa shape index (κ1) is 20.3. The summed E-state index contributed by atoms with van der Waals surface area (Å²) >= 11 is 5.88. The van der Waals surface area contributed by atoms with Crippen LogP contribution in [0.4, 0.5) is 4.79 Å². The Bertz CT molecular complexity index is 982. The van der Waals surface area contributed by atoms with Gasteiger partial charge in [0.2, 0.25) is 5.91 Å². The van der Waals surface area contributed by atoms with E-state index in [0.29, 0.717) is 21.4 Å². The Labute approximate surface area is 171 Å². The number of hydrogen-bond acceptors (Lipinski definition) is 5. The van der Waals surface area contributed by atoms with Crippen LogP contribution in [0.5, 0.6) is 0 Å². The van der Waals surface area contributed by atoms with Gasteiger partial charge in [-0.1, -0.05) is 17.7 Å².